The molecule has 1 aliphatic carbocycles. The highest BCUT2D eigenvalue weighted by atomic mass is 16.2. The van der Waals surface area contributed by atoms with Crippen molar-refractivity contribution in [1.82, 2.24) is 0 Å². The van der Waals surface area contributed by atoms with Gasteiger partial charge in [-0.15, -0.1) is 0 Å². The fraction of sp³-hybridized carbons (Fsp3) is 0.529. The zero-order valence-corrected chi connectivity index (χ0v) is 12.8. The fourth-order valence-corrected chi connectivity index (χ4v) is 2.92. The molecule has 0 saturated heterocycles. The van der Waals surface area contributed by atoms with E-state index in [1.165, 1.54) is 5.56 Å². The summed E-state index contributed by atoms with van der Waals surface area (Å²) in [5.74, 6) is 0.433. The minimum atomic E-state index is -0.0266. The first-order valence-electron chi connectivity index (χ1n) is 8.13. The number of nitrogens with zero attached hydrogens (tertiary/aromatic N) is 1. The number of benzene rings is 1. The zero-order valence-electron chi connectivity index (χ0n) is 12.8. The predicted octanol–water partition coefficient (Wildman–Crippen LogP) is 2.05. The van der Waals surface area contributed by atoms with Crippen LogP contribution in [0, 0.1) is 5.92 Å². The lowest BCUT2D eigenvalue weighted by molar-refractivity contribution is -0.120. The summed E-state index contributed by atoms with van der Waals surface area (Å²) in [6, 6.07) is 5.89. The molecule has 22 heavy (non-hydrogen) atoms. The molecule has 1 aromatic carbocycles. The van der Waals surface area contributed by atoms with Gasteiger partial charge in [0, 0.05) is 30.3 Å². The molecule has 1 fully saturated rings. The fourth-order valence-electron chi connectivity index (χ4n) is 2.92. The topological polar surface area (TPSA) is 75.4 Å². The second kappa shape index (κ2) is 6.48. The van der Waals surface area contributed by atoms with Gasteiger partial charge in [0.25, 0.3) is 0 Å². The lowest BCUT2D eigenvalue weighted by atomic mass is 10.0. The van der Waals surface area contributed by atoms with Crippen LogP contribution in [0.3, 0.4) is 0 Å². The SMILES string of the molecule is NCCCC(=O)Nc1ccc2c(c1)N(C(=O)C1CC1)CCC2. The van der Waals surface area contributed by atoms with Crippen LogP contribution in [0.25, 0.3) is 0 Å². The standard InChI is InChI=1S/C17H23N3O2/c18-9-1-4-16(21)19-14-8-7-12-3-2-10-20(15(12)11-14)17(22)13-5-6-13/h7-8,11,13H,1-6,9-10,18H2,(H,19,21). The lowest BCUT2D eigenvalue weighted by Crippen LogP contribution is -2.36. The highest BCUT2D eigenvalue weighted by Crippen LogP contribution is 2.36. The Hall–Kier alpha value is -1.88. The molecule has 1 aromatic rings. The molecular formula is C17H23N3O2. The van der Waals surface area contributed by atoms with Crippen molar-refractivity contribution >= 4 is 23.2 Å². The molecule has 1 aliphatic heterocycles. The van der Waals surface area contributed by atoms with Crippen LogP contribution in [0.1, 0.15) is 37.7 Å². The minimum Gasteiger partial charge on any atom is -0.330 e. The molecule has 3 rings (SSSR count). The van der Waals surface area contributed by atoms with Gasteiger partial charge in [-0.05, 0) is 56.3 Å². The van der Waals surface area contributed by atoms with E-state index in [1.807, 2.05) is 23.1 Å². The Morgan fingerprint density at radius 2 is 2.14 bits per heavy atom. The first-order chi connectivity index (χ1) is 10.7. The largest absolute Gasteiger partial charge is 0.330 e. The number of carbonyl (C=O) groups excluding carboxylic acids is 2. The van der Waals surface area contributed by atoms with Gasteiger partial charge in [0.1, 0.15) is 0 Å². The maximum absolute atomic E-state index is 12.4. The van der Waals surface area contributed by atoms with Crippen LogP contribution in [-0.4, -0.2) is 24.9 Å². The van der Waals surface area contributed by atoms with Crippen molar-refractivity contribution in [3.8, 4) is 0 Å². The van der Waals surface area contributed by atoms with Gasteiger partial charge in [-0.2, -0.15) is 0 Å². The molecule has 0 aromatic heterocycles. The number of nitrogens with one attached hydrogen (secondary N) is 1. The number of amides is 2. The van der Waals surface area contributed by atoms with Gasteiger partial charge in [0.05, 0.1) is 0 Å². The first kappa shape index (κ1) is 15.0. The molecular weight excluding hydrogens is 278 g/mol. The summed E-state index contributed by atoms with van der Waals surface area (Å²) >= 11 is 0. The third kappa shape index (κ3) is 3.30. The number of anilines is 2. The monoisotopic (exact) mass is 301 g/mol. The van der Waals surface area contributed by atoms with Crippen LogP contribution in [0.15, 0.2) is 18.2 Å². The van der Waals surface area contributed by atoms with Gasteiger partial charge in [0.2, 0.25) is 11.8 Å². The summed E-state index contributed by atoms with van der Waals surface area (Å²) in [5, 5.41) is 2.90. The highest BCUT2D eigenvalue weighted by molar-refractivity contribution is 5.99. The molecule has 118 valence electrons. The van der Waals surface area contributed by atoms with Gasteiger partial charge < -0.3 is 16.0 Å². The number of hydrogen-bond donors (Lipinski definition) is 2. The maximum atomic E-state index is 12.4. The summed E-state index contributed by atoms with van der Waals surface area (Å²) in [7, 11) is 0. The van der Waals surface area contributed by atoms with Crippen LogP contribution < -0.4 is 16.0 Å². The molecule has 0 radical (unpaired) electrons. The minimum absolute atomic E-state index is 0.0266. The van der Waals surface area contributed by atoms with E-state index in [9.17, 15) is 9.59 Å². The molecule has 0 bridgehead atoms. The average molecular weight is 301 g/mol. The van der Waals surface area contributed by atoms with E-state index in [0.717, 1.165) is 43.6 Å². The van der Waals surface area contributed by atoms with Gasteiger partial charge in [-0.1, -0.05) is 6.07 Å². The van der Waals surface area contributed by atoms with Crippen LogP contribution in [-0.2, 0) is 16.0 Å². The lowest BCUT2D eigenvalue weighted by Gasteiger charge is -2.30. The number of aryl methyl sites for hydroxylation is 1. The maximum Gasteiger partial charge on any atom is 0.230 e. The van der Waals surface area contributed by atoms with E-state index < -0.39 is 0 Å². The molecule has 1 saturated carbocycles. The highest BCUT2D eigenvalue weighted by Gasteiger charge is 2.35. The Kier molecular flexibility index (Phi) is 4.43. The van der Waals surface area contributed by atoms with Crippen molar-refractivity contribution in [2.75, 3.05) is 23.3 Å². The number of fused-ring (bicyclic) bond motifs is 1. The molecule has 2 amide bonds. The third-order valence-corrected chi connectivity index (χ3v) is 4.29. The number of rotatable bonds is 5. The van der Waals surface area contributed by atoms with E-state index in [2.05, 4.69) is 5.32 Å². The summed E-state index contributed by atoms with van der Waals surface area (Å²) in [4.78, 5) is 26.2. The van der Waals surface area contributed by atoms with Gasteiger partial charge >= 0.3 is 0 Å². The van der Waals surface area contributed by atoms with Crippen molar-refractivity contribution in [3.63, 3.8) is 0 Å². The number of nitrogens with two attached hydrogens (primary N) is 1. The van der Waals surface area contributed by atoms with Crippen molar-refractivity contribution < 1.29 is 9.59 Å². The van der Waals surface area contributed by atoms with Crippen LogP contribution in [0.5, 0.6) is 0 Å². The second-order valence-electron chi connectivity index (χ2n) is 6.15. The van der Waals surface area contributed by atoms with Gasteiger partial charge in [-0.25, -0.2) is 0 Å². The Balaban J connectivity index is 1.76. The molecule has 5 heteroatoms. The van der Waals surface area contributed by atoms with Crippen molar-refractivity contribution in [2.24, 2.45) is 11.7 Å². The van der Waals surface area contributed by atoms with E-state index >= 15 is 0 Å². The van der Waals surface area contributed by atoms with Crippen LogP contribution in [0.4, 0.5) is 11.4 Å². The average Bonchev–Trinajstić information content (AvgIpc) is 3.36. The molecule has 1 heterocycles. The van der Waals surface area contributed by atoms with Crippen LogP contribution >= 0.6 is 0 Å². The smallest absolute Gasteiger partial charge is 0.230 e. The van der Waals surface area contributed by atoms with E-state index in [1.54, 1.807) is 0 Å². The quantitative estimate of drug-likeness (QED) is 0.874. The predicted molar refractivity (Wildman–Crippen MR) is 86.8 cm³/mol. The van der Waals surface area contributed by atoms with Gasteiger partial charge in [0.15, 0.2) is 0 Å². The third-order valence-electron chi connectivity index (χ3n) is 4.29. The molecule has 2 aliphatic rings. The molecule has 0 spiro atoms. The molecule has 3 N–H and O–H groups in total. The first-order valence-corrected chi connectivity index (χ1v) is 8.13. The molecule has 0 unspecified atom stereocenters. The van der Waals surface area contributed by atoms with Crippen molar-refractivity contribution in [1.29, 1.82) is 0 Å². The zero-order chi connectivity index (χ0) is 15.5. The summed E-state index contributed by atoms with van der Waals surface area (Å²) in [6.07, 6.45) is 5.14. The van der Waals surface area contributed by atoms with E-state index in [4.69, 9.17) is 5.73 Å². The number of hydrogen-bond acceptors (Lipinski definition) is 3. The summed E-state index contributed by atoms with van der Waals surface area (Å²) < 4.78 is 0. The molecule has 0 atom stereocenters. The Morgan fingerprint density at radius 3 is 2.86 bits per heavy atom. The molecule has 5 nitrogen and oxygen atoms in total. The van der Waals surface area contributed by atoms with Crippen molar-refractivity contribution in [3.05, 3.63) is 23.8 Å². The summed E-state index contributed by atoms with van der Waals surface area (Å²) in [6.45, 7) is 1.30. The van der Waals surface area contributed by atoms with E-state index in [0.29, 0.717) is 19.4 Å². The normalized spacial score (nSPS) is 17.0. The van der Waals surface area contributed by atoms with E-state index in [-0.39, 0.29) is 17.7 Å². The number of carbonyl (C=O) groups is 2. The van der Waals surface area contributed by atoms with Gasteiger partial charge in [-0.3, -0.25) is 9.59 Å². The van der Waals surface area contributed by atoms with Crippen LogP contribution in [0.2, 0.25) is 0 Å². The second-order valence-corrected chi connectivity index (χ2v) is 6.15. The Bertz CT molecular complexity index is 581. The summed E-state index contributed by atoms with van der Waals surface area (Å²) in [5.41, 5.74) is 8.35. The Labute approximate surface area is 130 Å². The van der Waals surface area contributed by atoms with Crippen molar-refractivity contribution in [2.45, 2.75) is 38.5 Å². The Morgan fingerprint density at radius 1 is 1.32 bits per heavy atom.